The topological polar surface area (TPSA) is 86.3 Å². The molecule has 1 amide bonds. The predicted molar refractivity (Wildman–Crippen MR) is 123 cm³/mol. The van der Waals surface area contributed by atoms with Crippen LogP contribution >= 0.6 is 0 Å². The zero-order chi connectivity index (χ0) is 24.2. The fourth-order valence-corrected chi connectivity index (χ4v) is 4.15. The number of aromatic nitrogens is 3. The van der Waals surface area contributed by atoms with Crippen LogP contribution in [0.5, 0.6) is 0 Å². The van der Waals surface area contributed by atoms with Crippen molar-refractivity contribution in [3.63, 3.8) is 0 Å². The molecule has 7 nitrogen and oxygen atoms in total. The standard InChI is InChI=1S/C23H29F3N6O/c1-5-17(21(27-3)30-20-11-16-12-29-31-19(16)13-28-20)18-7-6-15(10-14(18)2)22(33)32(4)9-8-23(24,25)26/h5,11-13,15H,6-10H2,1-4H3,(H,29,31)(H,27,28,30)/b17-5-/t15-/m0/s1. The van der Waals surface area contributed by atoms with Crippen LogP contribution in [-0.2, 0) is 4.79 Å². The molecule has 0 spiro atoms. The number of amidine groups is 1. The monoisotopic (exact) mass is 462 g/mol. The number of alkyl halides is 3. The maximum Gasteiger partial charge on any atom is 0.390 e. The molecule has 2 N–H and O–H groups in total. The van der Waals surface area contributed by atoms with Crippen molar-refractivity contribution in [3.05, 3.63) is 41.3 Å². The quantitative estimate of drug-likeness (QED) is 0.474. The highest BCUT2D eigenvalue weighted by Gasteiger charge is 2.32. The molecule has 0 saturated carbocycles. The summed E-state index contributed by atoms with van der Waals surface area (Å²) in [5.41, 5.74) is 3.90. The lowest BCUT2D eigenvalue weighted by Crippen LogP contribution is -2.36. The lowest BCUT2D eigenvalue weighted by Gasteiger charge is -2.30. The number of hydrogen-bond donors (Lipinski definition) is 2. The minimum absolute atomic E-state index is 0.236. The van der Waals surface area contributed by atoms with Crippen LogP contribution in [0.2, 0.25) is 0 Å². The first kappa shape index (κ1) is 24.5. The number of carbonyl (C=O) groups is 1. The summed E-state index contributed by atoms with van der Waals surface area (Å²) < 4.78 is 37.5. The lowest BCUT2D eigenvalue weighted by atomic mass is 9.80. The van der Waals surface area contributed by atoms with Crippen molar-refractivity contribution in [2.24, 2.45) is 10.9 Å². The van der Waals surface area contributed by atoms with Crippen LogP contribution in [0.3, 0.4) is 0 Å². The van der Waals surface area contributed by atoms with Crippen molar-refractivity contribution < 1.29 is 18.0 Å². The van der Waals surface area contributed by atoms with E-state index in [2.05, 4.69) is 25.5 Å². The Kier molecular flexibility index (Phi) is 7.55. The van der Waals surface area contributed by atoms with Crippen molar-refractivity contribution in [2.75, 3.05) is 26.0 Å². The number of hydrogen-bond acceptors (Lipinski definition) is 4. The molecule has 3 rings (SSSR count). The van der Waals surface area contributed by atoms with Gasteiger partial charge in [-0.15, -0.1) is 0 Å². The lowest BCUT2D eigenvalue weighted by molar-refractivity contribution is -0.146. The molecular weight excluding hydrogens is 433 g/mol. The van der Waals surface area contributed by atoms with Gasteiger partial charge in [0.2, 0.25) is 5.91 Å². The van der Waals surface area contributed by atoms with Gasteiger partial charge < -0.3 is 10.2 Å². The average molecular weight is 463 g/mol. The summed E-state index contributed by atoms with van der Waals surface area (Å²) in [4.78, 5) is 22.7. The van der Waals surface area contributed by atoms with E-state index in [1.54, 1.807) is 19.4 Å². The van der Waals surface area contributed by atoms with Crippen molar-refractivity contribution in [2.45, 2.75) is 45.7 Å². The first-order chi connectivity index (χ1) is 15.6. The van der Waals surface area contributed by atoms with Crippen LogP contribution in [0, 0.1) is 5.92 Å². The number of carbonyl (C=O) groups excluding carboxylic acids is 1. The fraction of sp³-hybridized carbons (Fsp3) is 0.478. The number of nitrogens with one attached hydrogen (secondary N) is 2. The number of rotatable bonds is 6. The number of allylic oxidation sites excluding steroid dienone is 2. The van der Waals surface area contributed by atoms with Crippen LogP contribution in [0.4, 0.5) is 19.0 Å². The van der Waals surface area contributed by atoms with Gasteiger partial charge in [-0.25, -0.2) is 4.98 Å². The number of aliphatic imine (C=N–C) groups is 1. The summed E-state index contributed by atoms with van der Waals surface area (Å²) in [6, 6.07) is 1.88. The van der Waals surface area contributed by atoms with Crippen molar-refractivity contribution in [3.8, 4) is 0 Å². The Hall–Kier alpha value is -3.17. The SMILES string of the molecule is C/C=C(\C(=NC)Nc1cc2cn[nH]c2cn1)C1=C(C)C[C@@H](C(=O)N(C)CCC(F)(F)F)CC1. The highest BCUT2D eigenvalue weighted by molar-refractivity contribution is 6.11. The summed E-state index contributed by atoms with van der Waals surface area (Å²) in [6.07, 6.45) is 1.86. The second-order valence-corrected chi connectivity index (χ2v) is 8.25. The third-order valence-electron chi connectivity index (χ3n) is 5.93. The van der Waals surface area contributed by atoms with Gasteiger partial charge in [-0.2, -0.15) is 18.3 Å². The highest BCUT2D eigenvalue weighted by atomic mass is 19.4. The predicted octanol–water partition coefficient (Wildman–Crippen LogP) is 4.87. The third-order valence-corrected chi connectivity index (χ3v) is 5.93. The molecule has 0 aliphatic heterocycles. The molecule has 2 aromatic rings. The van der Waals surface area contributed by atoms with Crippen LogP contribution in [0.15, 0.2) is 46.2 Å². The molecule has 0 radical (unpaired) electrons. The van der Waals surface area contributed by atoms with E-state index < -0.39 is 12.6 Å². The Morgan fingerprint density at radius 3 is 2.79 bits per heavy atom. The molecule has 10 heteroatoms. The van der Waals surface area contributed by atoms with Gasteiger partial charge in [0.05, 0.1) is 24.3 Å². The molecule has 0 fully saturated rings. The number of nitrogens with zero attached hydrogens (tertiary/aromatic N) is 4. The third kappa shape index (κ3) is 6.00. The molecule has 1 atom stereocenters. The molecule has 178 valence electrons. The van der Waals surface area contributed by atoms with Crippen LogP contribution < -0.4 is 5.32 Å². The Bertz CT molecular complexity index is 1100. The Labute approximate surface area is 190 Å². The molecule has 2 heterocycles. The normalized spacial score (nSPS) is 18.1. The molecular formula is C23H29F3N6O. The van der Waals surface area contributed by atoms with E-state index in [-0.39, 0.29) is 18.4 Å². The number of H-pyrrole nitrogens is 1. The highest BCUT2D eigenvalue weighted by Crippen LogP contribution is 2.35. The molecule has 1 aliphatic rings. The number of halogens is 3. The van der Waals surface area contributed by atoms with Crippen molar-refractivity contribution in [1.29, 1.82) is 0 Å². The van der Waals surface area contributed by atoms with Gasteiger partial charge in [-0.3, -0.25) is 14.9 Å². The number of fused-ring (bicyclic) bond motifs is 1. The Morgan fingerprint density at radius 2 is 2.15 bits per heavy atom. The first-order valence-corrected chi connectivity index (χ1v) is 10.8. The van der Waals surface area contributed by atoms with E-state index in [0.29, 0.717) is 30.9 Å². The fourth-order valence-electron chi connectivity index (χ4n) is 4.15. The molecule has 0 aromatic carbocycles. The van der Waals surface area contributed by atoms with Gasteiger partial charge in [-0.1, -0.05) is 11.6 Å². The average Bonchev–Trinajstić information content (AvgIpc) is 3.25. The van der Waals surface area contributed by atoms with E-state index in [4.69, 9.17) is 0 Å². The Morgan fingerprint density at radius 1 is 1.39 bits per heavy atom. The molecule has 0 saturated heterocycles. The summed E-state index contributed by atoms with van der Waals surface area (Å²) in [7, 11) is 3.14. The maximum atomic E-state index is 12.7. The smallest absolute Gasteiger partial charge is 0.345 e. The molecule has 1 aliphatic carbocycles. The van der Waals surface area contributed by atoms with Crippen LogP contribution in [0.1, 0.15) is 39.5 Å². The van der Waals surface area contributed by atoms with Crippen molar-refractivity contribution >= 4 is 28.5 Å². The second-order valence-electron chi connectivity index (χ2n) is 8.25. The maximum absolute atomic E-state index is 12.7. The first-order valence-electron chi connectivity index (χ1n) is 10.8. The Balaban J connectivity index is 1.72. The van der Waals surface area contributed by atoms with E-state index in [9.17, 15) is 18.0 Å². The summed E-state index contributed by atoms with van der Waals surface area (Å²) in [5, 5.41) is 11.1. The summed E-state index contributed by atoms with van der Waals surface area (Å²) in [6.45, 7) is 3.58. The minimum atomic E-state index is -4.27. The zero-order valence-corrected chi connectivity index (χ0v) is 19.3. The van der Waals surface area contributed by atoms with Gasteiger partial charge in [0.25, 0.3) is 0 Å². The molecule has 33 heavy (non-hydrogen) atoms. The number of anilines is 1. The van der Waals surface area contributed by atoms with Crippen molar-refractivity contribution in [1.82, 2.24) is 20.1 Å². The van der Waals surface area contributed by atoms with Gasteiger partial charge >= 0.3 is 6.18 Å². The van der Waals surface area contributed by atoms with E-state index in [1.807, 2.05) is 26.0 Å². The van der Waals surface area contributed by atoms with Gasteiger partial charge in [0, 0.05) is 37.5 Å². The summed E-state index contributed by atoms with van der Waals surface area (Å²) in [5.74, 6) is 0.747. The van der Waals surface area contributed by atoms with Gasteiger partial charge in [-0.05, 0) is 44.7 Å². The minimum Gasteiger partial charge on any atom is -0.345 e. The zero-order valence-electron chi connectivity index (χ0n) is 19.3. The van der Waals surface area contributed by atoms with Crippen LogP contribution in [-0.4, -0.2) is 58.6 Å². The second kappa shape index (κ2) is 10.2. The molecule has 0 bridgehead atoms. The van der Waals surface area contributed by atoms with E-state index >= 15 is 0 Å². The summed E-state index contributed by atoms with van der Waals surface area (Å²) >= 11 is 0. The number of aromatic amines is 1. The molecule has 0 unspecified atom stereocenters. The van der Waals surface area contributed by atoms with Crippen LogP contribution in [0.25, 0.3) is 10.9 Å². The number of pyridine rings is 1. The van der Waals surface area contributed by atoms with Gasteiger partial charge in [0.15, 0.2) is 0 Å². The molecule has 2 aromatic heterocycles. The number of amides is 1. The van der Waals surface area contributed by atoms with E-state index in [0.717, 1.165) is 27.6 Å². The largest absolute Gasteiger partial charge is 0.390 e. The van der Waals surface area contributed by atoms with E-state index in [1.165, 1.54) is 11.9 Å². The van der Waals surface area contributed by atoms with Gasteiger partial charge in [0.1, 0.15) is 11.7 Å².